The standard InChI is InChI=1S/C8H6BrO.Y/c1-6-2-3-8(9)4-7(6)5-10;/h2-4H,1H3;/q-1;+3. The normalized spacial score (nSPS) is 8.55. The molecule has 0 amide bonds. The van der Waals surface area contributed by atoms with E-state index in [1.165, 1.54) is 0 Å². The van der Waals surface area contributed by atoms with E-state index in [9.17, 15) is 4.79 Å². The molecule has 1 aromatic carbocycles. The van der Waals surface area contributed by atoms with Crippen LogP contribution in [0.4, 0.5) is 0 Å². The van der Waals surface area contributed by atoms with Crippen LogP contribution in [-0.2, 0) is 37.5 Å². The van der Waals surface area contributed by atoms with Gasteiger partial charge < -0.3 is 4.79 Å². The van der Waals surface area contributed by atoms with Crippen LogP contribution in [0.15, 0.2) is 22.7 Å². The number of rotatable bonds is 1. The van der Waals surface area contributed by atoms with Crippen molar-refractivity contribution in [1.29, 1.82) is 0 Å². The van der Waals surface area contributed by atoms with Crippen molar-refractivity contribution in [1.82, 2.24) is 0 Å². The van der Waals surface area contributed by atoms with E-state index in [1.807, 2.05) is 25.3 Å². The Labute approximate surface area is 99.6 Å². The van der Waals surface area contributed by atoms with Gasteiger partial charge >= 0.3 is 32.7 Å². The van der Waals surface area contributed by atoms with Crippen molar-refractivity contribution in [3.05, 3.63) is 33.8 Å². The SMILES string of the molecule is Cc1ccc(Br)cc1[C-]=O.[Y+3]. The molecular weight excluding hydrogens is 281 g/mol. The Bertz CT molecular complexity index is 260. The third-order valence-electron chi connectivity index (χ3n) is 1.31. The second-order valence-corrected chi connectivity index (χ2v) is 2.98. The maximum absolute atomic E-state index is 10.2. The van der Waals surface area contributed by atoms with Gasteiger partial charge in [0.15, 0.2) is 0 Å². The molecule has 0 N–H and O–H groups in total. The molecule has 0 bridgehead atoms. The van der Waals surface area contributed by atoms with Gasteiger partial charge in [0.1, 0.15) is 0 Å². The fraction of sp³-hybridized carbons (Fsp3) is 0.125. The predicted molar refractivity (Wildman–Crippen MR) is 43.7 cm³/mol. The molecule has 1 rings (SSSR count). The zero-order valence-electron chi connectivity index (χ0n) is 6.10. The number of hydrogen-bond acceptors (Lipinski definition) is 1. The van der Waals surface area contributed by atoms with E-state index in [4.69, 9.17) is 0 Å². The van der Waals surface area contributed by atoms with Gasteiger partial charge in [-0.3, -0.25) is 0 Å². The van der Waals surface area contributed by atoms with Crippen LogP contribution < -0.4 is 0 Å². The van der Waals surface area contributed by atoms with Gasteiger partial charge in [-0.15, -0.1) is 23.3 Å². The molecule has 52 valence electrons. The number of carbonyl (C=O) groups excluding carboxylic acids is 1. The van der Waals surface area contributed by atoms with Gasteiger partial charge in [-0.05, 0) is 4.47 Å². The van der Waals surface area contributed by atoms with Crippen molar-refractivity contribution in [3.8, 4) is 0 Å². The molecular formula is C8H6BrOY+2. The molecule has 1 aromatic rings. The van der Waals surface area contributed by atoms with E-state index >= 15 is 0 Å². The minimum atomic E-state index is 0. The molecule has 0 spiro atoms. The summed E-state index contributed by atoms with van der Waals surface area (Å²) in [5.41, 5.74) is 1.58. The van der Waals surface area contributed by atoms with E-state index in [-0.39, 0.29) is 32.7 Å². The summed E-state index contributed by atoms with van der Waals surface area (Å²) >= 11 is 3.26. The topological polar surface area (TPSA) is 17.1 Å². The minimum absolute atomic E-state index is 0. The van der Waals surface area contributed by atoms with Gasteiger partial charge in [0.25, 0.3) is 0 Å². The predicted octanol–water partition coefficient (Wildman–Crippen LogP) is 2.21. The first-order chi connectivity index (χ1) is 4.74. The summed E-state index contributed by atoms with van der Waals surface area (Å²) in [4.78, 5) is 10.2. The van der Waals surface area contributed by atoms with Gasteiger partial charge in [0.2, 0.25) is 0 Å². The molecule has 0 aliphatic heterocycles. The quantitative estimate of drug-likeness (QED) is 0.724. The Morgan fingerprint density at radius 2 is 2.09 bits per heavy atom. The van der Waals surface area contributed by atoms with Crippen LogP contribution in [-0.4, -0.2) is 6.29 Å². The van der Waals surface area contributed by atoms with E-state index < -0.39 is 0 Å². The van der Waals surface area contributed by atoms with Crippen LogP contribution in [0.1, 0.15) is 11.1 Å². The minimum Gasteiger partial charge on any atom is -0.376 e. The molecule has 0 heterocycles. The number of benzene rings is 1. The molecule has 3 heteroatoms. The summed E-state index contributed by atoms with van der Waals surface area (Å²) in [7, 11) is 0. The first-order valence-electron chi connectivity index (χ1n) is 2.88. The Kier molecular flexibility index (Phi) is 5.40. The summed E-state index contributed by atoms with van der Waals surface area (Å²) in [6, 6.07) is 5.53. The van der Waals surface area contributed by atoms with E-state index in [0.29, 0.717) is 5.56 Å². The largest absolute Gasteiger partial charge is 3.00 e. The Morgan fingerprint density at radius 3 is 2.55 bits per heavy atom. The van der Waals surface area contributed by atoms with E-state index in [1.54, 1.807) is 6.07 Å². The maximum Gasteiger partial charge on any atom is 3.00 e. The molecule has 11 heavy (non-hydrogen) atoms. The Morgan fingerprint density at radius 1 is 1.45 bits per heavy atom. The molecule has 0 aromatic heterocycles. The van der Waals surface area contributed by atoms with Crippen LogP contribution in [0.25, 0.3) is 0 Å². The third kappa shape index (κ3) is 3.14. The molecule has 0 atom stereocenters. The van der Waals surface area contributed by atoms with Crippen LogP contribution in [0.3, 0.4) is 0 Å². The number of hydrogen-bond donors (Lipinski definition) is 0. The summed E-state index contributed by atoms with van der Waals surface area (Å²) in [6.45, 7) is 1.88. The van der Waals surface area contributed by atoms with Crippen LogP contribution in [0.5, 0.6) is 0 Å². The second-order valence-electron chi connectivity index (χ2n) is 2.06. The van der Waals surface area contributed by atoms with Gasteiger partial charge in [-0.2, -0.15) is 0 Å². The van der Waals surface area contributed by atoms with Crippen molar-refractivity contribution in [2.75, 3.05) is 0 Å². The maximum atomic E-state index is 10.2. The smallest absolute Gasteiger partial charge is 0.376 e. The fourth-order valence-electron chi connectivity index (χ4n) is 0.704. The first kappa shape index (κ1) is 11.5. The average molecular weight is 287 g/mol. The summed E-state index contributed by atoms with van der Waals surface area (Å²) in [6.07, 6.45) is 1.86. The number of aryl methyl sites for hydroxylation is 1. The average Bonchev–Trinajstić information content (AvgIpc) is 1.94. The van der Waals surface area contributed by atoms with Gasteiger partial charge in [0.05, 0.1) is 6.29 Å². The Balaban J connectivity index is 0.000001000. The van der Waals surface area contributed by atoms with Gasteiger partial charge in [0, 0.05) is 0 Å². The zero-order chi connectivity index (χ0) is 7.56. The molecule has 0 aliphatic carbocycles. The van der Waals surface area contributed by atoms with Crippen LogP contribution in [0, 0.1) is 6.92 Å². The van der Waals surface area contributed by atoms with Gasteiger partial charge in [-0.25, -0.2) is 0 Å². The molecule has 1 nitrogen and oxygen atoms in total. The Hall–Kier alpha value is 0.474. The fourth-order valence-corrected chi connectivity index (χ4v) is 1.07. The molecule has 0 aliphatic rings. The third-order valence-corrected chi connectivity index (χ3v) is 1.80. The molecule has 0 saturated carbocycles. The van der Waals surface area contributed by atoms with E-state index in [0.717, 1.165) is 10.0 Å². The summed E-state index contributed by atoms with van der Waals surface area (Å²) in [5.74, 6) is 0. The molecule has 0 radical (unpaired) electrons. The zero-order valence-corrected chi connectivity index (χ0v) is 10.5. The van der Waals surface area contributed by atoms with Crippen LogP contribution in [0.2, 0.25) is 0 Å². The monoisotopic (exact) mass is 286 g/mol. The van der Waals surface area contributed by atoms with Crippen molar-refractivity contribution in [2.24, 2.45) is 0 Å². The van der Waals surface area contributed by atoms with Crippen molar-refractivity contribution in [3.63, 3.8) is 0 Å². The van der Waals surface area contributed by atoms with Crippen molar-refractivity contribution in [2.45, 2.75) is 6.92 Å². The molecule has 0 fully saturated rings. The van der Waals surface area contributed by atoms with Gasteiger partial charge in [-0.1, -0.05) is 28.9 Å². The number of halogens is 1. The van der Waals surface area contributed by atoms with Crippen molar-refractivity contribution < 1.29 is 37.5 Å². The molecule has 0 saturated heterocycles. The molecule has 0 unspecified atom stereocenters. The van der Waals surface area contributed by atoms with E-state index in [2.05, 4.69) is 15.9 Å². The summed E-state index contributed by atoms with van der Waals surface area (Å²) < 4.78 is 0.913. The summed E-state index contributed by atoms with van der Waals surface area (Å²) in [5, 5.41) is 0. The second kappa shape index (κ2) is 5.18. The van der Waals surface area contributed by atoms with Crippen molar-refractivity contribution >= 4 is 22.2 Å². The first-order valence-corrected chi connectivity index (χ1v) is 3.67. The van der Waals surface area contributed by atoms with Crippen LogP contribution >= 0.6 is 15.9 Å².